The summed E-state index contributed by atoms with van der Waals surface area (Å²) in [6.45, 7) is 4.68. The summed E-state index contributed by atoms with van der Waals surface area (Å²) in [5.74, 6) is -1.80. The second kappa shape index (κ2) is 8.57. The molecule has 6 nitrogen and oxygen atoms in total. The summed E-state index contributed by atoms with van der Waals surface area (Å²) in [5.41, 5.74) is 1.69. The molecule has 26 heavy (non-hydrogen) atoms. The van der Waals surface area contributed by atoms with Crippen LogP contribution in [0.1, 0.15) is 33.3 Å². The monoisotopic (exact) mass is 378 g/mol. The van der Waals surface area contributed by atoms with Crippen LogP contribution in [0.2, 0.25) is 0 Å². The topological polar surface area (TPSA) is 84.5 Å². The fourth-order valence-corrected chi connectivity index (χ4v) is 3.27. The van der Waals surface area contributed by atoms with Crippen molar-refractivity contribution in [3.63, 3.8) is 0 Å². The lowest BCUT2D eigenvalue weighted by Crippen LogP contribution is -2.28. The molecule has 8 heteroatoms. The van der Waals surface area contributed by atoms with Crippen LogP contribution in [0, 0.1) is 19.7 Å². The Labute approximate surface area is 154 Å². The van der Waals surface area contributed by atoms with Crippen molar-refractivity contribution in [1.82, 2.24) is 5.32 Å². The molecule has 0 unspecified atom stereocenters. The summed E-state index contributed by atoms with van der Waals surface area (Å²) in [4.78, 5) is 36.3. The molecule has 0 aliphatic heterocycles. The van der Waals surface area contributed by atoms with E-state index >= 15 is 0 Å². The molecule has 0 saturated heterocycles. The Hall–Kier alpha value is -2.74. The highest BCUT2D eigenvalue weighted by Crippen LogP contribution is 2.32. The number of carbonyl (C=O) groups excluding carboxylic acids is 3. The van der Waals surface area contributed by atoms with Gasteiger partial charge in [0.25, 0.3) is 5.91 Å². The highest BCUT2D eigenvalue weighted by molar-refractivity contribution is 7.16. The Kier molecular flexibility index (Phi) is 6.46. The number of anilines is 1. The molecule has 1 heterocycles. The molecule has 0 spiro atoms. The molecule has 2 amide bonds. The quantitative estimate of drug-likeness (QED) is 0.757. The lowest BCUT2D eigenvalue weighted by molar-refractivity contribution is -0.124. The first-order valence-electron chi connectivity index (χ1n) is 7.83. The van der Waals surface area contributed by atoms with Gasteiger partial charge in [-0.25, -0.2) is 9.18 Å². The van der Waals surface area contributed by atoms with Crippen LogP contribution in [0.25, 0.3) is 0 Å². The van der Waals surface area contributed by atoms with Gasteiger partial charge in [0.2, 0.25) is 5.91 Å². The second-order valence-electron chi connectivity index (χ2n) is 5.65. The Balaban J connectivity index is 1.92. The number of ether oxygens (including phenoxy) is 1. The smallest absolute Gasteiger partial charge is 0.341 e. The molecule has 0 bridgehead atoms. The third-order valence-corrected chi connectivity index (χ3v) is 4.74. The van der Waals surface area contributed by atoms with Crippen LogP contribution in [0.5, 0.6) is 0 Å². The van der Waals surface area contributed by atoms with Gasteiger partial charge in [-0.1, -0.05) is 12.1 Å². The SMILES string of the molecule is CC(=O)Nc1sc(C)c(C)c1C(=O)OCC(=O)NCc1ccc(F)cc1. The molecule has 0 atom stereocenters. The van der Waals surface area contributed by atoms with Crippen molar-refractivity contribution in [3.05, 3.63) is 51.7 Å². The van der Waals surface area contributed by atoms with Gasteiger partial charge in [0, 0.05) is 18.3 Å². The molecule has 1 aromatic carbocycles. The van der Waals surface area contributed by atoms with E-state index in [1.54, 1.807) is 19.1 Å². The van der Waals surface area contributed by atoms with Crippen LogP contribution in [-0.2, 0) is 20.9 Å². The number of aryl methyl sites for hydroxylation is 1. The van der Waals surface area contributed by atoms with Gasteiger partial charge in [0.1, 0.15) is 10.8 Å². The standard InChI is InChI=1S/C18H19FN2O4S/c1-10-11(2)26-17(21-12(3)22)16(10)18(24)25-9-15(23)20-8-13-4-6-14(19)7-5-13/h4-7H,8-9H2,1-3H3,(H,20,23)(H,21,22). The molecular formula is C18H19FN2O4S. The van der Waals surface area contributed by atoms with Gasteiger partial charge in [-0.3, -0.25) is 9.59 Å². The zero-order valence-corrected chi connectivity index (χ0v) is 15.5. The summed E-state index contributed by atoms with van der Waals surface area (Å²) >= 11 is 1.28. The fraction of sp³-hybridized carbons (Fsp3) is 0.278. The first-order chi connectivity index (χ1) is 12.3. The van der Waals surface area contributed by atoms with E-state index in [9.17, 15) is 18.8 Å². The Morgan fingerprint density at radius 1 is 1.15 bits per heavy atom. The van der Waals surface area contributed by atoms with E-state index in [1.807, 2.05) is 6.92 Å². The first kappa shape index (κ1) is 19.6. The number of hydrogen-bond acceptors (Lipinski definition) is 5. The van der Waals surface area contributed by atoms with E-state index in [2.05, 4.69) is 10.6 Å². The number of nitrogens with one attached hydrogen (secondary N) is 2. The Morgan fingerprint density at radius 3 is 2.42 bits per heavy atom. The number of esters is 1. The van der Waals surface area contributed by atoms with Gasteiger partial charge < -0.3 is 15.4 Å². The number of hydrogen-bond donors (Lipinski definition) is 2. The van der Waals surface area contributed by atoms with Crippen LogP contribution < -0.4 is 10.6 Å². The van der Waals surface area contributed by atoms with Gasteiger partial charge in [0.15, 0.2) is 6.61 Å². The lowest BCUT2D eigenvalue weighted by atomic mass is 10.1. The van der Waals surface area contributed by atoms with Crippen molar-refractivity contribution in [2.45, 2.75) is 27.3 Å². The third-order valence-electron chi connectivity index (χ3n) is 3.62. The van der Waals surface area contributed by atoms with Crippen LogP contribution in [0.15, 0.2) is 24.3 Å². The minimum absolute atomic E-state index is 0.199. The molecule has 2 N–H and O–H groups in total. The number of carbonyl (C=O) groups is 3. The summed E-state index contributed by atoms with van der Waals surface area (Å²) in [5, 5.41) is 5.60. The second-order valence-corrected chi connectivity index (χ2v) is 6.87. The van der Waals surface area contributed by atoms with E-state index in [0.717, 1.165) is 10.4 Å². The van der Waals surface area contributed by atoms with E-state index in [4.69, 9.17) is 4.74 Å². The van der Waals surface area contributed by atoms with Crippen LogP contribution in [-0.4, -0.2) is 24.4 Å². The minimum Gasteiger partial charge on any atom is -0.452 e. The van der Waals surface area contributed by atoms with E-state index in [0.29, 0.717) is 10.6 Å². The molecule has 0 aliphatic carbocycles. The number of rotatable bonds is 6. The molecule has 2 aromatic rings. The van der Waals surface area contributed by atoms with Crippen LogP contribution in [0.4, 0.5) is 9.39 Å². The number of thiophene rings is 1. The number of amides is 2. The summed E-state index contributed by atoms with van der Waals surface area (Å²) in [7, 11) is 0. The molecule has 0 saturated carbocycles. The fourth-order valence-electron chi connectivity index (χ4n) is 2.18. The van der Waals surface area contributed by atoms with Gasteiger partial charge >= 0.3 is 5.97 Å². The molecular weight excluding hydrogens is 359 g/mol. The average Bonchev–Trinajstić information content (AvgIpc) is 2.85. The molecule has 138 valence electrons. The summed E-state index contributed by atoms with van der Waals surface area (Å²) in [6, 6.07) is 5.71. The van der Waals surface area contributed by atoms with E-state index in [1.165, 1.54) is 30.4 Å². The predicted octanol–water partition coefficient (Wildman–Crippen LogP) is 2.94. The van der Waals surface area contributed by atoms with Crippen molar-refractivity contribution >= 4 is 34.1 Å². The molecule has 0 aliphatic rings. The van der Waals surface area contributed by atoms with Crippen LogP contribution >= 0.6 is 11.3 Å². The average molecular weight is 378 g/mol. The maximum absolute atomic E-state index is 12.8. The largest absolute Gasteiger partial charge is 0.452 e. The normalized spacial score (nSPS) is 10.3. The maximum atomic E-state index is 12.8. The predicted molar refractivity (Wildman–Crippen MR) is 96.6 cm³/mol. The van der Waals surface area contributed by atoms with Crippen molar-refractivity contribution in [2.24, 2.45) is 0 Å². The van der Waals surface area contributed by atoms with Crippen molar-refractivity contribution in [1.29, 1.82) is 0 Å². The van der Waals surface area contributed by atoms with Crippen molar-refractivity contribution in [3.8, 4) is 0 Å². The van der Waals surface area contributed by atoms with Gasteiger partial charge in [-0.05, 0) is 37.1 Å². The Morgan fingerprint density at radius 2 is 1.81 bits per heavy atom. The summed E-state index contributed by atoms with van der Waals surface area (Å²) in [6.07, 6.45) is 0. The van der Waals surface area contributed by atoms with Gasteiger partial charge in [0.05, 0.1) is 5.56 Å². The van der Waals surface area contributed by atoms with Gasteiger partial charge in [-0.2, -0.15) is 0 Å². The molecule has 2 rings (SSSR count). The maximum Gasteiger partial charge on any atom is 0.341 e. The van der Waals surface area contributed by atoms with E-state index < -0.39 is 18.5 Å². The third kappa shape index (κ3) is 5.13. The molecule has 1 aromatic heterocycles. The van der Waals surface area contributed by atoms with Gasteiger partial charge in [-0.15, -0.1) is 11.3 Å². The number of halogens is 1. The minimum atomic E-state index is -0.674. The first-order valence-corrected chi connectivity index (χ1v) is 8.65. The Bertz CT molecular complexity index is 830. The van der Waals surface area contributed by atoms with Crippen molar-refractivity contribution < 1.29 is 23.5 Å². The molecule has 0 radical (unpaired) electrons. The van der Waals surface area contributed by atoms with Crippen LogP contribution in [0.3, 0.4) is 0 Å². The summed E-state index contributed by atoms with van der Waals surface area (Å²) < 4.78 is 17.9. The zero-order chi connectivity index (χ0) is 19.3. The highest BCUT2D eigenvalue weighted by Gasteiger charge is 2.22. The zero-order valence-electron chi connectivity index (χ0n) is 14.6. The molecule has 0 fully saturated rings. The number of benzene rings is 1. The van der Waals surface area contributed by atoms with E-state index in [-0.39, 0.29) is 23.8 Å². The van der Waals surface area contributed by atoms with Crippen molar-refractivity contribution in [2.75, 3.05) is 11.9 Å². The highest BCUT2D eigenvalue weighted by atomic mass is 32.1. The lowest BCUT2D eigenvalue weighted by Gasteiger charge is -2.08.